The summed E-state index contributed by atoms with van der Waals surface area (Å²) < 4.78 is 28.9. The van der Waals surface area contributed by atoms with Crippen molar-refractivity contribution < 1.29 is 13.6 Å². The van der Waals surface area contributed by atoms with Gasteiger partial charge in [0.1, 0.15) is 11.6 Å². The van der Waals surface area contributed by atoms with Crippen LogP contribution in [0.15, 0.2) is 67.3 Å². The van der Waals surface area contributed by atoms with Crippen LogP contribution in [-0.4, -0.2) is 37.2 Å². The maximum Gasteiger partial charge on any atom is 0.255 e. The average molecular weight is 406 g/mol. The first-order valence-electron chi connectivity index (χ1n) is 9.12. The van der Waals surface area contributed by atoms with Gasteiger partial charge in [0.15, 0.2) is 11.6 Å². The van der Waals surface area contributed by atoms with Crippen LogP contribution in [0.1, 0.15) is 16.1 Å². The predicted octanol–water partition coefficient (Wildman–Crippen LogP) is 2.98. The van der Waals surface area contributed by atoms with E-state index in [0.29, 0.717) is 23.5 Å². The molecule has 0 bridgehead atoms. The highest BCUT2D eigenvalue weighted by molar-refractivity contribution is 6.00. The summed E-state index contributed by atoms with van der Waals surface area (Å²) in [5, 5.41) is 7.05. The van der Waals surface area contributed by atoms with Crippen molar-refractivity contribution in [2.75, 3.05) is 6.54 Å². The third-order valence-corrected chi connectivity index (χ3v) is 4.30. The number of halogens is 2. The molecular formula is C21H16F2N6O. The van der Waals surface area contributed by atoms with E-state index in [9.17, 15) is 13.6 Å². The molecule has 0 fully saturated rings. The highest BCUT2D eigenvalue weighted by atomic mass is 19.1. The number of nitrogens with zero attached hydrogens (tertiary/aromatic N) is 5. The highest BCUT2D eigenvalue weighted by Gasteiger charge is 2.19. The second-order valence-electron chi connectivity index (χ2n) is 6.33. The summed E-state index contributed by atoms with van der Waals surface area (Å²) in [4.78, 5) is 24.8. The van der Waals surface area contributed by atoms with Crippen molar-refractivity contribution >= 4 is 5.91 Å². The number of amides is 1. The third-order valence-electron chi connectivity index (χ3n) is 4.30. The Balaban J connectivity index is 1.43. The Morgan fingerprint density at radius 1 is 1.00 bits per heavy atom. The zero-order valence-electron chi connectivity index (χ0n) is 15.7. The fraction of sp³-hybridized carbons (Fsp3) is 0.0952. The maximum atomic E-state index is 14.4. The Kier molecular flexibility index (Phi) is 5.51. The zero-order chi connectivity index (χ0) is 20.9. The molecule has 0 saturated carbocycles. The van der Waals surface area contributed by atoms with Crippen LogP contribution in [0.3, 0.4) is 0 Å². The molecule has 1 N–H and O–H groups in total. The van der Waals surface area contributed by atoms with Crippen LogP contribution in [0.2, 0.25) is 0 Å². The molecule has 0 aliphatic rings. The van der Waals surface area contributed by atoms with Crippen molar-refractivity contribution in [2.24, 2.45) is 0 Å². The van der Waals surface area contributed by atoms with Crippen molar-refractivity contribution in [3.63, 3.8) is 0 Å². The van der Waals surface area contributed by atoms with Gasteiger partial charge >= 0.3 is 0 Å². The molecule has 30 heavy (non-hydrogen) atoms. The highest BCUT2D eigenvalue weighted by Crippen LogP contribution is 2.22. The monoisotopic (exact) mass is 406 g/mol. The SMILES string of the molecule is O=C(NCCc1ccn(-c2ccc(F)cn2)n1)c1c(F)cccc1-c1ncccn1. The summed E-state index contributed by atoms with van der Waals surface area (Å²) in [6, 6.07) is 10.6. The Morgan fingerprint density at radius 2 is 1.83 bits per heavy atom. The van der Waals surface area contributed by atoms with Crippen LogP contribution in [0, 0.1) is 11.6 Å². The minimum atomic E-state index is -0.649. The van der Waals surface area contributed by atoms with E-state index in [1.807, 2.05) is 0 Å². The Morgan fingerprint density at radius 3 is 2.60 bits per heavy atom. The Labute approximate surface area is 170 Å². The van der Waals surface area contributed by atoms with E-state index in [1.165, 1.54) is 41.3 Å². The molecule has 0 spiro atoms. The molecule has 4 rings (SSSR count). The van der Waals surface area contributed by atoms with Gasteiger partial charge in [-0.3, -0.25) is 4.79 Å². The number of hydrogen-bond donors (Lipinski definition) is 1. The Bertz CT molecular complexity index is 1160. The summed E-state index contributed by atoms with van der Waals surface area (Å²) in [7, 11) is 0. The van der Waals surface area contributed by atoms with Gasteiger partial charge in [-0.25, -0.2) is 28.4 Å². The molecule has 4 aromatic rings. The van der Waals surface area contributed by atoms with Gasteiger partial charge in [-0.1, -0.05) is 12.1 Å². The molecule has 0 aliphatic carbocycles. The molecule has 3 aromatic heterocycles. The minimum absolute atomic E-state index is 0.107. The molecule has 1 aromatic carbocycles. The fourth-order valence-electron chi connectivity index (χ4n) is 2.90. The number of hydrogen-bond acceptors (Lipinski definition) is 5. The summed E-state index contributed by atoms with van der Waals surface area (Å²) in [5.41, 5.74) is 0.908. The van der Waals surface area contributed by atoms with Gasteiger partial charge in [0.2, 0.25) is 0 Å². The lowest BCUT2D eigenvalue weighted by Gasteiger charge is -2.10. The van der Waals surface area contributed by atoms with Gasteiger partial charge in [-0.15, -0.1) is 0 Å². The Hall–Kier alpha value is -4.01. The third kappa shape index (κ3) is 4.19. The van der Waals surface area contributed by atoms with Gasteiger partial charge in [0.25, 0.3) is 5.91 Å². The number of pyridine rings is 1. The second kappa shape index (κ2) is 8.56. The van der Waals surface area contributed by atoms with Crippen molar-refractivity contribution in [3.05, 3.63) is 90.1 Å². The van der Waals surface area contributed by atoms with Crippen molar-refractivity contribution in [3.8, 4) is 17.2 Å². The maximum absolute atomic E-state index is 14.4. The molecule has 0 unspecified atom stereocenters. The van der Waals surface area contributed by atoms with Crippen molar-refractivity contribution in [2.45, 2.75) is 6.42 Å². The van der Waals surface area contributed by atoms with Crippen LogP contribution >= 0.6 is 0 Å². The number of carbonyl (C=O) groups excluding carboxylic acids is 1. The molecular weight excluding hydrogens is 390 g/mol. The van der Waals surface area contributed by atoms with Gasteiger partial charge in [0, 0.05) is 37.1 Å². The van der Waals surface area contributed by atoms with Crippen LogP contribution in [0.25, 0.3) is 17.2 Å². The normalized spacial score (nSPS) is 10.7. The van der Waals surface area contributed by atoms with Crippen molar-refractivity contribution in [1.82, 2.24) is 30.0 Å². The van der Waals surface area contributed by atoms with E-state index < -0.39 is 17.5 Å². The molecule has 1 amide bonds. The molecule has 0 saturated heterocycles. The number of aromatic nitrogens is 5. The standard InChI is InChI=1S/C21H16F2N6O/c22-14-5-6-18(27-13-14)29-12-8-15(28-29)7-11-26-21(30)19-16(3-1-4-17(19)23)20-24-9-2-10-25-20/h1-6,8-10,12-13H,7,11H2,(H,26,30). The first kappa shape index (κ1) is 19.3. The van der Waals surface area contributed by atoms with Crippen molar-refractivity contribution in [1.29, 1.82) is 0 Å². The first-order valence-corrected chi connectivity index (χ1v) is 9.12. The summed E-state index contributed by atoms with van der Waals surface area (Å²) >= 11 is 0. The quantitative estimate of drug-likeness (QED) is 0.532. The van der Waals surface area contributed by atoms with Gasteiger partial charge in [-0.05, 0) is 30.3 Å². The molecule has 150 valence electrons. The summed E-state index contributed by atoms with van der Waals surface area (Å²) in [6.45, 7) is 0.246. The van der Waals surface area contributed by atoms with E-state index >= 15 is 0 Å². The van der Waals surface area contributed by atoms with Crippen LogP contribution in [0.5, 0.6) is 0 Å². The molecule has 0 aliphatic heterocycles. The summed E-state index contributed by atoms with van der Waals surface area (Å²) in [5.74, 6) is -0.889. The van der Waals surface area contributed by atoms with E-state index in [0.717, 1.165) is 6.20 Å². The zero-order valence-corrected chi connectivity index (χ0v) is 15.7. The number of nitrogens with one attached hydrogen (secondary N) is 1. The molecule has 9 heteroatoms. The van der Waals surface area contributed by atoms with E-state index in [1.54, 1.807) is 24.4 Å². The molecule has 0 radical (unpaired) electrons. The largest absolute Gasteiger partial charge is 0.352 e. The smallest absolute Gasteiger partial charge is 0.255 e. The van der Waals surface area contributed by atoms with E-state index in [2.05, 4.69) is 25.4 Å². The molecule has 7 nitrogen and oxygen atoms in total. The minimum Gasteiger partial charge on any atom is -0.352 e. The van der Waals surface area contributed by atoms with Gasteiger partial charge in [0.05, 0.1) is 17.5 Å². The lowest BCUT2D eigenvalue weighted by Crippen LogP contribution is -2.27. The lowest BCUT2D eigenvalue weighted by atomic mass is 10.1. The first-order chi connectivity index (χ1) is 14.6. The van der Waals surface area contributed by atoms with Gasteiger partial charge in [-0.2, -0.15) is 5.10 Å². The topological polar surface area (TPSA) is 85.6 Å². The van der Waals surface area contributed by atoms with Crippen LogP contribution in [-0.2, 0) is 6.42 Å². The molecule has 3 heterocycles. The predicted molar refractivity (Wildman–Crippen MR) is 105 cm³/mol. The number of rotatable bonds is 6. The fourth-order valence-corrected chi connectivity index (χ4v) is 2.90. The van der Waals surface area contributed by atoms with Crippen LogP contribution in [0.4, 0.5) is 8.78 Å². The lowest BCUT2D eigenvalue weighted by molar-refractivity contribution is 0.0950. The van der Waals surface area contributed by atoms with Crippen LogP contribution < -0.4 is 5.32 Å². The van der Waals surface area contributed by atoms with E-state index in [-0.39, 0.29) is 17.9 Å². The second-order valence-corrected chi connectivity index (χ2v) is 6.33. The van der Waals surface area contributed by atoms with Gasteiger partial charge < -0.3 is 5.32 Å². The summed E-state index contributed by atoms with van der Waals surface area (Å²) in [6.07, 6.45) is 6.28. The molecule has 0 atom stereocenters. The average Bonchev–Trinajstić information content (AvgIpc) is 3.23. The van der Waals surface area contributed by atoms with E-state index in [4.69, 9.17) is 0 Å². The number of benzene rings is 1. The number of carbonyl (C=O) groups is 1.